The number of allylic oxidation sites excluding steroid dienone is 2. The minimum Gasteiger partial charge on any atom is -0.468 e. The molecule has 23 heavy (non-hydrogen) atoms. The van der Waals surface area contributed by atoms with Crippen molar-refractivity contribution in [2.45, 2.75) is 5.54 Å². The average Bonchev–Trinajstić information content (AvgIpc) is 3.35. The van der Waals surface area contributed by atoms with Gasteiger partial charge in [0, 0.05) is 5.92 Å². The van der Waals surface area contributed by atoms with E-state index in [4.69, 9.17) is 9.47 Å². The van der Waals surface area contributed by atoms with Crippen LogP contribution in [-0.2, 0) is 19.1 Å². The van der Waals surface area contributed by atoms with E-state index < -0.39 is 16.9 Å². The maximum absolute atomic E-state index is 12.9. The van der Waals surface area contributed by atoms with Gasteiger partial charge in [-0.15, -0.1) is 0 Å². The standard InChI is InChI=1S/C17H18N2O4/c1-22-14(20)16-5-18-19-17(16,15(21)23-2)13-10-7-4-3-6-8(7)11(13)12(16)9(6)10/h3-4,6-13H,5H2,1-2H3/t6-,7-,8+,9+,10-,11-,12+,13-,16-,17+/m0/s1. The molecule has 0 N–H and O–H groups in total. The summed E-state index contributed by atoms with van der Waals surface area (Å²) in [6, 6.07) is 0. The van der Waals surface area contributed by atoms with Crippen LogP contribution in [-0.4, -0.2) is 38.2 Å². The number of nitrogens with zero attached hydrogens (tertiary/aromatic N) is 2. The van der Waals surface area contributed by atoms with Gasteiger partial charge in [-0.25, -0.2) is 4.79 Å². The van der Waals surface area contributed by atoms with Crippen molar-refractivity contribution < 1.29 is 19.1 Å². The molecule has 5 saturated carbocycles. The molecule has 6 heteroatoms. The van der Waals surface area contributed by atoms with Crippen molar-refractivity contribution >= 4 is 11.9 Å². The Morgan fingerprint density at radius 1 is 0.957 bits per heavy atom. The van der Waals surface area contributed by atoms with Crippen LogP contribution < -0.4 is 0 Å². The second-order valence-electron chi connectivity index (χ2n) is 8.02. The molecule has 1 aliphatic heterocycles. The number of rotatable bonds is 2. The Morgan fingerprint density at radius 3 is 2.26 bits per heavy atom. The molecule has 0 aromatic carbocycles. The van der Waals surface area contributed by atoms with E-state index in [1.54, 1.807) is 0 Å². The minimum absolute atomic E-state index is 0.0894. The normalized spacial score (nSPS) is 60.8. The first-order valence-corrected chi connectivity index (χ1v) is 8.39. The van der Waals surface area contributed by atoms with Crippen molar-refractivity contribution in [1.29, 1.82) is 0 Å². The van der Waals surface area contributed by atoms with Crippen LogP contribution in [0.25, 0.3) is 0 Å². The van der Waals surface area contributed by atoms with Gasteiger partial charge in [0.2, 0.25) is 0 Å². The van der Waals surface area contributed by atoms with Gasteiger partial charge in [0.25, 0.3) is 0 Å². The fourth-order valence-corrected chi connectivity index (χ4v) is 8.20. The van der Waals surface area contributed by atoms with E-state index in [-0.39, 0.29) is 24.3 Å². The molecular formula is C17H18N2O4. The summed E-state index contributed by atoms with van der Waals surface area (Å²) in [5.74, 6) is 2.59. The number of azo groups is 1. The lowest BCUT2D eigenvalue weighted by Crippen LogP contribution is -2.64. The molecule has 10 atom stereocenters. The molecule has 1 heterocycles. The summed E-state index contributed by atoms with van der Waals surface area (Å²) < 4.78 is 10.3. The molecule has 0 unspecified atom stereocenters. The molecule has 8 bridgehead atoms. The fourth-order valence-electron chi connectivity index (χ4n) is 8.20. The molecule has 0 saturated heterocycles. The molecule has 0 spiro atoms. The summed E-state index contributed by atoms with van der Waals surface area (Å²) in [6.45, 7) is 0.267. The molecular weight excluding hydrogens is 296 g/mol. The van der Waals surface area contributed by atoms with Gasteiger partial charge in [-0.1, -0.05) is 12.2 Å². The van der Waals surface area contributed by atoms with Crippen LogP contribution in [0.15, 0.2) is 22.4 Å². The first kappa shape index (κ1) is 12.7. The van der Waals surface area contributed by atoms with E-state index in [0.717, 1.165) is 0 Å². The third-order valence-electron chi connectivity index (χ3n) is 8.21. The van der Waals surface area contributed by atoms with Crippen LogP contribution in [0.1, 0.15) is 0 Å². The highest BCUT2D eigenvalue weighted by Gasteiger charge is 2.93. The topological polar surface area (TPSA) is 77.3 Å². The molecule has 5 fully saturated rings. The van der Waals surface area contributed by atoms with E-state index in [1.165, 1.54) is 14.2 Å². The van der Waals surface area contributed by atoms with Gasteiger partial charge in [0.05, 0.1) is 20.8 Å². The smallest absolute Gasteiger partial charge is 0.337 e. The van der Waals surface area contributed by atoms with Crippen LogP contribution in [0.3, 0.4) is 0 Å². The number of fused-ring (bicyclic) bond motifs is 1. The van der Waals surface area contributed by atoms with Crippen molar-refractivity contribution in [3.8, 4) is 0 Å². The summed E-state index contributed by atoms with van der Waals surface area (Å²) in [7, 11) is 2.78. The molecule has 7 rings (SSSR count). The van der Waals surface area contributed by atoms with Crippen molar-refractivity contribution in [1.82, 2.24) is 0 Å². The minimum atomic E-state index is -1.14. The highest BCUT2D eigenvalue weighted by Crippen LogP contribution is 2.87. The largest absolute Gasteiger partial charge is 0.468 e. The molecule has 0 aromatic rings. The van der Waals surface area contributed by atoms with Gasteiger partial charge in [-0.2, -0.15) is 10.2 Å². The number of hydrogen-bond acceptors (Lipinski definition) is 6. The Labute approximate surface area is 133 Å². The van der Waals surface area contributed by atoms with E-state index in [2.05, 4.69) is 22.4 Å². The van der Waals surface area contributed by atoms with E-state index in [9.17, 15) is 9.59 Å². The SMILES string of the molecule is COC(=O)[C@@]12CN=N[C@@]1(C(=O)OC)[C@H]1[C@H]3[C@H]4C=C[C@H]5[C@H]4[C@H]1[C@H]2[C@H]53. The Hall–Kier alpha value is -1.72. The van der Waals surface area contributed by atoms with Crippen LogP contribution in [0.5, 0.6) is 0 Å². The van der Waals surface area contributed by atoms with Crippen LogP contribution in [0, 0.1) is 52.8 Å². The second-order valence-corrected chi connectivity index (χ2v) is 8.02. The quantitative estimate of drug-likeness (QED) is 0.564. The first-order valence-electron chi connectivity index (χ1n) is 8.39. The third-order valence-corrected chi connectivity index (χ3v) is 8.21. The maximum atomic E-state index is 12.9. The van der Waals surface area contributed by atoms with E-state index in [1.807, 2.05) is 0 Å². The van der Waals surface area contributed by atoms with Gasteiger partial charge < -0.3 is 9.47 Å². The lowest BCUT2D eigenvalue weighted by Gasteiger charge is -2.48. The Bertz CT molecular complexity index is 732. The maximum Gasteiger partial charge on any atom is 0.337 e. The molecule has 6 aliphatic carbocycles. The van der Waals surface area contributed by atoms with Gasteiger partial charge in [-0.05, 0) is 41.4 Å². The molecule has 7 aliphatic rings. The molecule has 120 valence electrons. The van der Waals surface area contributed by atoms with Crippen molar-refractivity contribution in [2.75, 3.05) is 20.8 Å². The zero-order chi connectivity index (χ0) is 15.7. The first-order chi connectivity index (χ1) is 11.1. The monoisotopic (exact) mass is 314 g/mol. The average molecular weight is 314 g/mol. The Kier molecular flexibility index (Phi) is 1.86. The number of carbonyl (C=O) groups excluding carboxylic acids is 2. The number of methoxy groups -OCH3 is 2. The zero-order valence-electron chi connectivity index (χ0n) is 13.0. The molecule has 6 nitrogen and oxygen atoms in total. The summed E-state index contributed by atoms with van der Waals surface area (Å²) in [4.78, 5) is 25.8. The van der Waals surface area contributed by atoms with Crippen LogP contribution >= 0.6 is 0 Å². The third kappa shape index (κ3) is 0.870. The molecule has 0 amide bonds. The zero-order valence-corrected chi connectivity index (χ0v) is 13.0. The molecule has 0 aromatic heterocycles. The number of esters is 2. The van der Waals surface area contributed by atoms with Crippen LogP contribution in [0.2, 0.25) is 0 Å². The number of hydrogen-bond donors (Lipinski definition) is 0. The second kappa shape index (κ2) is 3.37. The Morgan fingerprint density at radius 2 is 1.61 bits per heavy atom. The van der Waals surface area contributed by atoms with Crippen LogP contribution in [0.4, 0.5) is 0 Å². The lowest BCUT2D eigenvalue weighted by molar-refractivity contribution is -0.175. The highest BCUT2D eigenvalue weighted by atomic mass is 16.5. The fraction of sp³-hybridized carbons (Fsp3) is 0.765. The molecule has 0 radical (unpaired) electrons. The summed E-state index contributed by atoms with van der Waals surface area (Å²) in [6.07, 6.45) is 4.68. The predicted octanol–water partition coefficient (Wildman–Crippen LogP) is 1.08. The number of ether oxygens (including phenoxy) is 2. The summed E-state index contributed by atoms with van der Waals surface area (Å²) in [5.41, 5.74) is -2.08. The summed E-state index contributed by atoms with van der Waals surface area (Å²) in [5, 5.41) is 8.64. The van der Waals surface area contributed by atoms with Crippen molar-refractivity contribution in [3.05, 3.63) is 12.2 Å². The van der Waals surface area contributed by atoms with E-state index in [0.29, 0.717) is 35.5 Å². The lowest BCUT2D eigenvalue weighted by atomic mass is 9.54. The van der Waals surface area contributed by atoms with Gasteiger partial charge in [0.15, 0.2) is 5.54 Å². The van der Waals surface area contributed by atoms with Gasteiger partial charge >= 0.3 is 11.9 Å². The Balaban J connectivity index is 1.62. The predicted molar refractivity (Wildman–Crippen MR) is 76.0 cm³/mol. The summed E-state index contributed by atoms with van der Waals surface area (Å²) >= 11 is 0. The van der Waals surface area contributed by atoms with Crippen molar-refractivity contribution in [3.63, 3.8) is 0 Å². The van der Waals surface area contributed by atoms with Gasteiger partial charge in [-0.3, -0.25) is 4.79 Å². The number of carbonyl (C=O) groups is 2. The highest BCUT2D eigenvalue weighted by molar-refractivity contribution is 5.95. The van der Waals surface area contributed by atoms with Gasteiger partial charge in [0.1, 0.15) is 5.41 Å². The van der Waals surface area contributed by atoms with Crippen molar-refractivity contribution in [2.24, 2.45) is 63.0 Å². The van der Waals surface area contributed by atoms with E-state index >= 15 is 0 Å².